The van der Waals surface area contributed by atoms with E-state index in [1.165, 1.54) is 0 Å². The number of rotatable bonds is 3. The van der Waals surface area contributed by atoms with Crippen molar-refractivity contribution in [1.82, 2.24) is 0 Å². The molecule has 5 rings (SSSR count). The zero-order valence-electron chi connectivity index (χ0n) is 38.9. The zero-order valence-corrected chi connectivity index (χ0v) is 39.7. The summed E-state index contributed by atoms with van der Waals surface area (Å²) in [5.41, 5.74) is 8.99. The fourth-order valence-corrected chi connectivity index (χ4v) is 9.06. The molecule has 0 atom stereocenters. The molecule has 4 aromatic carbocycles. The highest BCUT2D eigenvalue weighted by Gasteiger charge is 2.43. The highest BCUT2D eigenvalue weighted by molar-refractivity contribution is 7.49. The van der Waals surface area contributed by atoms with Gasteiger partial charge in [0.2, 0.25) is 0 Å². The fraction of sp³-hybridized carbons (Fsp3) is 0.529. The second-order valence-electron chi connectivity index (χ2n) is 22.8. The SMILES string of the molecule is Cc1cc2c(c(C(C)(C)C)c1)OP(=O)(Oc1c(-c3cc(C(C)(C)C)cc(C(C)(C)C)c3O)cc(C(C)(C)C)cc1C(C)(C)C)Oc1c(cc(C)cc1C(C)(C)C)C2. The first-order chi connectivity index (χ1) is 25.6. The van der Waals surface area contributed by atoms with E-state index in [-0.39, 0.29) is 32.8 Å². The minimum atomic E-state index is -4.58. The Morgan fingerprint density at radius 3 is 1.23 bits per heavy atom. The Kier molecular flexibility index (Phi) is 11.1. The van der Waals surface area contributed by atoms with Crippen LogP contribution in [0.4, 0.5) is 0 Å². The van der Waals surface area contributed by atoms with E-state index >= 15 is 4.57 Å². The van der Waals surface area contributed by atoms with Crippen molar-refractivity contribution in [2.45, 2.75) is 177 Å². The van der Waals surface area contributed by atoms with E-state index in [0.717, 1.165) is 55.6 Å². The van der Waals surface area contributed by atoms with Gasteiger partial charge in [0.1, 0.15) is 23.0 Å². The monoisotopic (exact) mass is 795 g/mol. The van der Waals surface area contributed by atoms with Crippen LogP contribution < -0.4 is 13.6 Å². The van der Waals surface area contributed by atoms with E-state index in [1.54, 1.807) is 0 Å². The maximum atomic E-state index is 16.2. The fourth-order valence-electron chi connectivity index (χ4n) is 7.65. The summed E-state index contributed by atoms with van der Waals surface area (Å²) in [7, 11) is -4.58. The molecule has 0 bridgehead atoms. The number of benzene rings is 4. The van der Waals surface area contributed by atoms with E-state index in [9.17, 15) is 5.11 Å². The maximum Gasteiger partial charge on any atom is 0.647 e. The Morgan fingerprint density at radius 1 is 0.491 bits per heavy atom. The molecule has 0 radical (unpaired) electrons. The standard InChI is InChI=1S/C51H71O5P/c1-30-21-32-25-33-22-31(2)24-40(50(15,16)17)44(33)55-57(53,54-43(32)39(23-30)49(12,13)14)56-45-37(27-35(47(6,7)8)29-41(45)51(18,19)20)36-26-34(46(3,4)5)28-38(42(36)52)48(9,10)11/h21-24,26-29,52H,25H2,1-20H3. The van der Waals surface area contributed by atoms with Crippen LogP contribution in [0.25, 0.3) is 11.1 Å². The Bertz CT molecular complexity index is 2180. The lowest BCUT2D eigenvalue weighted by molar-refractivity contribution is 0.286. The molecule has 0 aliphatic carbocycles. The number of aryl methyl sites for hydroxylation is 2. The molecule has 1 heterocycles. The molecule has 0 spiro atoms. The van der Waals surface area contributed by atoms with Gasteiger partial charge in [-0.05, 0) is 80.7 Å². The number of aromatic hydroxyl groups is 1. The second kappa shape index (κ2) is 14.2. The third-order valence-corrected chi connectivity index (χ3v) is 12.3. The number of hydrogen-bond donors (Lipinski definition) is 1. The van der Waals surface area contributed by atoms with Crippen LogP contribution in [0.2, 0.25) is 0 Å². The van der Waals surface area contributed by atoms with Gasteiger partial charge in [-0.15, -0.1) is 0 Å². The minimum Gasteiger partial charge on any atom is -0.507 e. The Labute approximate surface area is 345 Å². The average Bonchev–Trinajstić information content (AvgIpc) is 2.99. The second-order valence-corrected chi connectivity index (χ2v) is 24.3. The van der Waals surface area contributed by atoms with E-state index in [4.69, 9.17) is 13.6 Å². The van der Waals surface area contributed by atoms with E-state index in [0.29, 0.717) is 34.8 Å². The van der Waals surface area contributed by atoms with Crippen molar-refractivity contribution in [3.8, 4) is 34.1 Å². The van der Waals surface area contributed by atoms with Crippen LogP contribution in [0.5, 0.6) is 23.0 Å². The van der Waals surface area contributed by atoms with Crippen LogP contribution in [0, 0.1) is 13.8 Å². The Hall–Kier alpha value is -3.69. The van der Waals surface area contributed by atoms with Gasteiger partial charge < -0.3 is 18.7 Å². The summed E-state index contributed by atoms with van der Waals surface area (Å²) < 4.78 is 37.1. The van der Waals surface area contributed by atoms with E-state index in [2.05, 4.69) is 187 Å². The first-order valence-corrected chi connectivity index (χ1v) is 22.1. The van der Waals surface area contributed by atoms with Gasteiger partial charge in [-0.3, -0.25) is 0 Å². The highest BCUT2D eigenvalue weighted by Crippen LogP contribution is 2.60. The first kappa shape index (κ1) is 44.4. The van der Waals surface area contributed by atoms with Crippen LogP contribution in [-0.4, -0.2) is 5.11 Å². The molecule has 1 N–H and O–H groups in total. The molecular weight excluding hydrogens is 724 g/mol. The van der Waals surface area contributed by atoms with Gasteiger partial charge in [0.05, 0.1) is 0 Å². The third kappa shape index (κ3) is 9.30. The molecule has 0 saturated heterocycles. The molecule has 6 heteroatoms. The minimum absolute atomic E-state index is 0.177. The number of phosphoric acid groups is 1. The lowest BCUT2D eigenvalue weighted by atomic mass is 9.75. The van der Waals surface area contributed by atoms with Gasteiger partial charge in [0, 0.05) is 39.8 Å². The summed E-state index contributed by atoms with van der Waals surface area (Å²) in [6, 6.07) is 17.0. The summed E-state index contributed by atoms with van der Waals surface area (Å²) in [6.07, 6.45) is 0.544. The van der Waals surface area contributed by atoms with Gasteiger partial charge in [0.25, 0.3) is 0 Å². The van der Waals surface area contributed by atoms with Crippen molar-refractivity contribution in [3.05, 3.63) is 104 Å². The lowest BCUT2D eigenvalue weighted by Crippen LogP contribution is -2.23. The van der Waals surface area contributed by atoms with Crippen molar-refractivity contribution in [2.24, 2.45) is 0 Å². The molecule has 1 aliphatic rings. The number of phenolic OH excluding ortho intramolecular Hbond substituents is 1. The molecule has 4 aromatic rings. The van der Waals surface area contributed by atoms with Gasteiger partial charge in [-0.2, -0.15) is 4.57 Å². The first-order valence-electron chi connectivity index (χ1n) is 20.6. The largest absolute Gasteiger partial charge is 0.647 e. The van der Waals surface area contributed by atoms with Crippen molar-refractivity contribution in [2.75, 3.05) is 0 Å². The number of fused-ring (bicyclic) bond motifs is 2. The average molecular weight is 795 g/mol. The van der Waals surface area contributed by atoms with Gasteiger partial charge in [0.15, 0.2) is 0 Å². The molecule has 0 unspecified atom stereocenters. The number of phenols is 1. The van der Waals surface area contributed by atoms with Crippen LogP contribution in [0.3, 0.4) is 0 Å². The van der Waals surface area contributed by atoms with E-state index in [1.807, 2.05) is 0 Å². The lowest BCUT2D eigenvalue weighted by Gasteiger charge is -2.34. The maximum absolute atomic E-state index is 16.2. The molecule has 310 valence electrons. The Morgan fingerprint density at radius 2 is 0.860 bits per heavy atom. The van der Waals surface area contributed by atoms with Crippen LogP contribution in [0.1, 0.15) is 180 Å². The molecule has 0 saturated carbocycles. The smallest absolute Gasteiger partial charge is 0.507 e. The van der Waals surface area contributed by atoms with Crippen LogP contribution in [0.15, 0.2) is 48.5 Å². The van der Waals surface area contributed by atoms with Gasteiger partial charge >= 0.3 is 7.82 Å². The van der Waals surface area contributed by atoms with Gasteiger partial charge in [-0.1, -0.05) is 172 Å². The summed E-state index contributed by atoms with van der Waals surface area (Å²) in [5.74, 6) is 1.60. The quantitative estimate of drug-likeness (QED) is 0.209. The molecule has 1 aliphatic heterocycles. The molecule has 0 fully saturated rings. The summed E-state index contributed by atoms with van der Waals surface area (Å²) in [4.78, 5) is 0. The van der Waals surface area contributed by atoms with Crippen molar-refractivity contribution in [3.63, 3.8) is 0 Å². The normalized spacial score (nSPS) is 15.2. The Balaban J connectivity index is 1.96. The highest BCUT2D eigenvalue weighted by atomic mass is 31.2. The molecular formula is C51H71O5P. The third-order valence-electron chi connectivity index (χ3n) is 11.1. The van der Waals surface area contributed by atoms with E-state index < -0.39 is 13.2 Å². The topological polar surface area (TPSA) is 65.0 Å². The summed E-state index contributed by atoms with van der Waals surface area (Å²) in [6.45, 7) is 43.0. The number of hydrogen-bond acceptors (Lipinski definition) is 5. The van der Waals surface area contributed by atoms with Crippen molar-refractivity contribution in [1.29, 1.82) is 0 Å². The van der Waals surface area contributed by atoms with Crippen LogP contribution in [-0.2, 0) is 43.5 Å². The zero-order chi connectivity index (χ0) is 43.2. The van der Waals surface area contributed by atoms with Crippen molar-refractivity contribution < 1.29 is 23.2 Å². The van der Waals surface area contributed by atoms with Crippen molar-refractivity contribution >= 4 is 7.82 Å². The number of phosphoric ester groups is 1. The molecule has 57 heavy (non-hydrogen) atoms. The molecule has 0 aromatic heterocycles. The molecule has 0 amide bonds. The summed E-state index contributed by atoms with van der Waals surface area (Å²) >= 11 is 0. The molecule has 5 nitrogen and oxygen atoms in total. The van der Waals surface area contributed by atoms with Gasteiger partial charge in [-0.25, -0.2) is 0 Å². The predicted molar refractivity (Wildman–Crippen MR) is 240 cm³/mol. The summed E-state index contributed by atoms with van der Waals surface area (Å²) in [5, 5.41) is 12.4. The predicted octanol–water partition coefficient (Wildman–Crippen LogP) is 15.0. The van der Waals surface area contributed by atoms with Crippen LogP contribution >= 0.6 is 7.82 Å².